The van der Waals surface area contributed by atoms with E-state index in [2.05, 4.69) is 4.72 Å². The zero-order valence-electron chi connectivity index (χ0n) is 11.6. The minimum absolute atomic E-state index is 0.102. The summed E-state index contributed by atoms with van der Waals surface area (Å²) in [4.78, 5) is 10.7. The first-order chi connectivity index (χ1) is 9.03. The number of carboxylic acid groups (broad SMARTS) is 1. The lowest BCUT2D eigenvalue weighted by Crippen LogP contribution is -2.43. The van der Waals surface area contributed by atoms with Gasteiger partial charge in [0.05, 0.1) is 4.90 Å². The summed E-state index contributed by atoms with van der Waals surface area (Å²) in [5.41, 5.74) is -0.303. The van der Waals surface area contributed by atoms with Crippen molar-refractivity contribution in [1.29, 1.82) is 0 Å². The largest absolute Gasteiger partial charge is 0.481 e. The summed E-state index contributed by atoms with van der Waals surface area (Å²) in [6, 6.07) is 4.51. The summed E-state index contributed by atoms with van der Waals surface area (Å²) in [6.07, 6.45) is 0.101. The van der Waals surface area contributed by atoms with Crippen molar-refractivity contribution in [2.24, 2.45) is 0 Å². The summed E-state index contributed by atoms with van der Waals surface area (Å²) < 4.78 is 27.2. The molecule has 0 bridgehead atoms. The van der Waals surface area contributed by atoms with Gasteiger partial charge in [0.2, 0.25) is 10.0 Å². The topological polar surface area (TPSA) is 83.5 Å². The Morgan fingerprint density at radius 3 is 2.50 bits per heavy atom. The minimum atomic E-state index is -3.71. The van der Waals surface area contributed by atoms with Crippen molar-refractivity contribution in [3.63, 3.8) is 0 Å². The van der Waals surface area contributed by atoms with Crippen LogP contribution < -0.4 is 4.72 Å². The molecule has 0 amide bonds. The molecule has 20 heavy (non-hydrogen) atoms. The van der Waals surface area contributed by atoms with Crippen LogP contribution in [0.2, 0.25) is 5.02 Å². The molecule has 1 aromatic carbocycles. The lowest BCUT2D eigenvalue weighted by molar-refractivity contribution is -0.137. The van der Waals surface area contributed by atoms with E-state index < -0.39 is 21.5 Å². The van der Waals surface area contributed by atoms with Gasteiger partial charge in [-0.25, -0.2) is 13.1 Å². The maximum atomic E-state index is 12.3. The number of sulfonamides is 1. The molecule has 0 radical (unpaired) electrons. The quantitative estimate of drug-likeness (QED) is 0.844. The molecule has 0 saturated carbocycles. The second kappa shape index (κ2) is 6.11. The maximum Gasteiger partial charge on any atom is 0.303 e. The lowest BCUT2D eigenvalue weighted by Gasteiger charge is -2.25. The molecule has 0 atom stereocenters. The van der Waals surface area contributed by atoms with Crippen molar-refractivity contribution in [3.8, 4) is 0 Å². The first kappa shape index (κ1) is 16.9. The van der Waals surface area contributed by atoms with Crippen LogP contribution in [0.5, 0.6) is 0 Å². The molecule has 0 aliphatic rings. The Balaban J connectivity index is 2.97. The number of hydrogen-bond acceptors (Lipinski definition) is 3. The summed E-state index contributed by atoms with van der Waals surface area (Å²) in [6.45, 7) is 4.96. The average molecular weight is 320 g/mol. The minimum Gasteiger partial charge on any atom is -0.481 e. The summed E-state index contributed by atoms with van der Waals surface area (Å²) in [5, 5.41) is 9.14. The molecule has 112 valence electrons. The third-order valence-corrected chi connectivity index (χ3v) is 4.89. The van der Waals surface area contributed by atoms with E-state index in [-0.39, 0.29) is 17.7 Å². The number of halogens is 1. The van der Waals surface area contributed by atoms with Gasteiger partial charge in [-0.15, -0.1) is 0 Å². The highest BCUT2D eigenvalue weighted by Crippen LogP contribution is 2.22. The van der Waals surface area contributed by atoms with Gasteiger partial charge in [-0.3, -0.25) is 4.79 Å². The van der Waals surface area contributed by atoms with E-state index in [4.69, 9.17) is 16.7 Å². The maximum absolute atomic E-state index is 12.3. The highest BCUT2D eigenvalue weighted by Gasteiger charge is 2.27. The summed E-state index contributed by atoms with van der Waals surface area (Å²) in [7, 11) is -3.71. The fraction of sp³-hybridized carbons (Fsp3) is 0.462. The number of rotatable bonds is 6. The number of hydrogen-bond donors (Lipinski definition) is 2. The van der Waals surface area contributed by atoms with Crippen molar-refractivity contribution >= 4 is 27.6 Å². The van der Waals surface area contributed by atoms with Gasteiger partial charge >= 0.3 is 5.97 Å². The fourth-order valence-electron chi connectivity index (χ4n) is 1.80. The monoisotopic (exact) mass is 319 g/mol. The molecule has 0 fully saturated rings. The second-order valence-electron chi connectivity index (χ2n) is 5.29. The molecular formula is C13H18ClNO4S. The van der Waals surface area contributed by atoms with Gasteiger partial charge in [0.25, 0.3) is 0 Å². The van der Waals surface area contributed by atoms with E-state index in [0.29, 0.717) is 10.6 Å². The van der Waals surface area contributed by atoms with E-state index in [0.717, 1.165) is 0 Å². The molecule has 0 saturated heterocycles. The number of carbonyl (C=O) groups is 1. The van der Waals surface area contributed by atoms with Crippen LogP contribution in [0.3, 0.4) is 0 Å². The highest BCUT2D eigenvalue weighted by molar-refractivity contribution is 7.89. The molecule has 0 heterocycles. The van der Waals surface area contributed by atoms with Crippen LogP contribution in [0, 0.1) is 6.92 Å². The number of aliphatic carboxylic acids is 1. The summed E-state index contributed by atoms with van der Waals surface area (Å²) in [5.74, 6) is -0.958. The van der Waals surface area contributed by atoms with Crippen LogP contribution in [0.15, 0.2) is 23.1 Å². The Morgan fingerprint density at radius 1 is 1.40 bits per heavy atom. The number of aryl methyl sites for hydroxylation is 1. The highest BCUT2D eigenvalue weighted by atomic mass is 35.5. The molecule has 7 heteroatoms. The molecule has 0 aliphatic heterocycles. The summed E-state index contributed by atoms with van der Waals surface area (Å²) >= 11 is 5.80. The van der Waals surface area contributed by atoms with E-state index in [1.54, 1.807) is 26.8 Å². The van der Waals surface area contributed by atoms with E-state index in [1.807, 2.05) is 0 Å². The molecular weight excluding hydrogens is 302 g/mol. The van der Waals surface area contributed by atoms with Crippen molar-refractivity contribution in [2.45, 2.75) is 44.0 Å². The van der Waals surface area contributed by atoms with Gasteiger partial charge in [0.15, 0.2) is 0 Å². The number of nitrogens with one attached hydrogen (secondary N) is 1. The van der Waals surface area contributed by atoms with Crippen molar-refractivity contribution < 1.29 is 18.3 Å². The number of benzene rings is 1. The van der Waals surface area contributed by atoms with Gasteiger partial charge in [-0.2, -0.15) is 0 Å². The van der Waals surface area contributed by atoms with Crippen LogP contribution in [0.1, 0.15) is 32.3 Å². The standard InChI is InChI=1S/C13H18ClNO4S/c1-9-8-10(14)4-5-11(9)20(18,19)15-13(2,3)7-6-12(16)17/h4-5,8,15H,6-7H2,1-3H3,(H,16,17). The van der Waals surface area contributed by atoms with Crippen LogP contribution in [0.25, 0.3) is 0 Å². The van der Waals surface area contributed by atoms with Crippen LogP contribution in [-0.2, 0) is 14.8 Å². The van der Waals surface area contributed by atoms with Gasteiger partial charge < -0.3 is 5.11 Å². The fourth-order valence-corrected chi connectivity index (χ4v) is 3.70. The Bertz CT molecular complexity index is 611. The predicted molar refractivity (Wildman–Crippen MR) is 77.5 cm³/mol. The van der Waals surface area contributed by atoms with Gasteiger partial charge in [0.1, 0.15) is 0 Å². The Labute approximate surface area is 124 Å². The van der Waals surface area contributed by atoms with Crippen molar-refractivity contribution in [2.75, 3.05) is 0 Å². The Kier molecular flexibility index (Phi) is 5.18. The second-order valence-corrected chi connectivity index (χ2v) is 7.38. The zero-order chi connectivity index (χ0) is 15.6. The third kappa shape index (κ3) is 4.77. The van der Waals surface area contributed by atoms with Crippen LogP contribution >= 0.6 is 11.6 Å². The Morgan fingerprint density at radius 2 is 2.00 bits per heavy atom. The SMILES string of the molecule is Cc1cc(Cl)ccc1S(=O)(=O)NC(C)(C)CCC(=O)O. The van der Waals surface area contributed by atoms with Gasteiger partial charge in [-0.1, -0.05) is 11.6 Å². The van der Waals surface area contributed by atoms with Gasteiger partial charge in [0, 0.05) is 17.0 Å². The van der Waals surface area contributed by atoms with E-state index in [1.165, 1.54) is 12.1 Å². The zero-order valence-corrected chi connectivity index (χ0v) is 13.2. The van der Waals surface area contributed by atoms with Crippen LogP contribution in [0.4, 0.5) is 0 Å². The van der Waals surface area contributed by atoms with Crippen molar-refractivity contribution in [3.05, 3.63) is 28.8 Å². The molecule has 0 aliphatic carbocycles. The molecule has 0 aromatic heterocycles. The molecule has 0 spiro atoms. The van der Waals surface area contributed by atoms with Gasteiger partial charge in [-0.05, 0) is 51.0 Å². The molecule has 1 rings (SSSR count). The predicted octanol–water partition coefficient (Wildman–Crippen LogP) is 2.57. The number of carboxylic acids is 1. The van der Waals surface area contributed by atoms with Crippen molar-refractivity contribution in [1.82, 2.24) is 4.72 Å². The molecule has 5 nitrogen and oxygen atoms in total. The molecule has 1 aromatic rings. The van der Waals surface area contributed by atoms with E-state index in [9.17, 15) is 13.2 Å². The molecule has 2 N–H and O–H groups in total. The lowest BCUT2D eigenvalue weighted by atomic mass is 10.0. The van der Waals surface area contributed by atoms with E-state index >= 15 is 0 Å². The average Bonchev–Trinajstić information content (AvgIpc) is 2.24. The first-order valence-electron chi connectivity index (χ1n) is 6.05. The third-order valence-electron chi connectivity index (χ3n) is 2.80. The molecule has 0 unspecified atom stereocenters. The first-order valence-corrected chi connectivity index (χ1v) is 7.91. The normalized spacial score (nSPS) is 12.4. The smallest absolute Gasteiger partial charge is 0.303 e. The van der Waals surface area contributed by atoms with Crippen LogP contribution in [-0.4, -0.2) is 25.0 Å². The Hall–Kier alpha value is -1.11.